The number of nitro groups is 1. The van der Waals surface area contributed by atoms with Gasteiger partial charge in [0, 0.05) is 20.8 Å². The average molecular weight is 298 g/mol. The lowest BCUT2D eigenvalue weighted by molar-refractivity contribution is -0.384. The molecule has 0 bridgehead atoms. The van der Waals surface area contributed by atoms with E-state index in [0.29, 0.717) is 6.61 Å². The lowest BCUT2D eigenvalue weighted by Gasteiger charge is -2.15. The van der Waals surface area contributed by atoms with Crippen molar-refractivity contribution >= 4 is 17.3 Å². The number of anilines is 1. The van der Waals surface area contributed by atoms with Crippen molar-refractivity contribution in [1.29, 1.82) is 0 Å². The molecule has 1 unspecified atom stereocenters. The highest BCUT2D eigenvalue weighted by molar-refractivity contribution is 6.00. The van der Waals surface area contributed by atoms with Gasteiger partial charge in [-0.2, -0.15) is 0 Å². The Kier molecular flexibility index (Phi) is 6.53. The lowest BCUT2D eigenvalue weighted by atomic mass is 10.1. The van der Waals surface area contributed by atoms with E-state index in [4.69, 9.17) is 15.3 Å². The van der Waals surface area contributed by atoms with E-state index in [-0.39, 0.29) is 29.6 Å². The standard InChI is InChI=1S/C12H18N4O5/c1-20-7-8(21-2)6-14-12(17)9-4-3-5-10(15-13)11(9)16(18)19/h3-5,8,15H,6-7,13H2,1-2H3,(H,14,17). The van der Waals surface area contributed by atoms with Crippen LogP contribution in [0.25, 0.3) is 0 Å². The van der Waals surface area contributed by atoms with E-state index >= 15 is 0 Å². The average Bonchev–Trinajstić information content (AvgIpc) is 2.49. The second-order valence-electron chi connectivity index (χ2n) is 4.13. The molecule has 0 aliphatic heterocycles. The summed E-state index contributed by atoms with van der Waals surface area (Å²) in [5.41, 5.74) is 1.81. The number of rotatable bonds is 8. The van der Waals surface area contributed by atoms with Gasteiger partial charge in [0.2, 0.25) is 0 Å². The number of para-hydroxylation sites is 1. The molecule has 0 aliphatic carbocycles. The maximum Gasteiger partial charge on any atom is 0.306 e. The van der Waals surface area contributed by atoms with E-state index in [1.165, 1.54) is 32.4 Å². The minimum absolute atomic E-state index is 0.0628. The van der Waals surface area contributed by atoms with Crippen LogP contribution in [-0.4, -0.2) is 44.3 Å². The molecule has 0 aromatic heterocycles. The summed E-state index contributed by atoms with van der Waals surface area (Å²) >= 11 is 0. The molecule has 4 N–H and O–H groups in total. The van der Waals surface area contributed by atoms with Crippen molar-refractivity contribution in [1.82, 2.24) is 5.32 Å². The number of carbonyl (C=O) groups is 1. The van der Waals surface area contributed by atoms with Crippen LogP contribution >= 0.6 is 0 Å². The minimum Gasteiger partial charge on any atom is -0.382 e. The zero-order valence-electron chi connectivity index (χ0n) is 11.8. The van der Waals surface area contributed by atoms with Crippen LogP contribution in [0.1, 0.15) is 10.4 Å². The van der Waals surface area contributed by atoms with Crippen molar-refractivity contribution in [3.05, 3.63) is 33.9 Å². The van der Waals surface area contributed by atoms with Crippen molar-refractivity contribution < 1.29 is 19.2 Å². The number of nitrogens with one attached hydrogen (secondary N) is 2. The fourth-order valence-corrected chi connectivity index (χ4v) is 1.74. The molecule has 0 fully saturated rings. The number of nitro benzene ring substituents is 1. The van der Waals surface area contributed by atoms with Crippen LogP contribution in [0.5, 0.6) is 0 Å². The van der Waals surface area contributed by atoms with E-state index in [9.17, 15) is 14.9 Å². The number of carbonyl (C=O) groups excluding carboxylic acids is 1. The molecule has 1 aromatic carbocycles. The fourth-order valence-electron chi connectivity index (χ4n) is 1.74. The molecular formula is C12H18N4O5. The van der Waals surface area contributed by atoms with Crippen LogP contribution in [-0.2, 0) is 9.47 Å². The van der Waals surface area contributed by atoms with Gasteiger partial charge in [0.25, 0.3) is 5.91 Å². The van der Waals surface area contributed by atoms with Gasteiger partial charge in [-0.15, -0.1) is 0 Å². The maximum absolute atomic E-state index is 12.1. The van der Waals surface area contributed by atoms with Crippen LogP contribution in [0.15, 0.2) is 18.2 Å². The van der Waals surface area contributed by atoms with Gasteiger partial charge < -0.3 is 20.2 Å². The van der Waals surface area contributed by atoms with E-state index in [1.807, 2.05) is 0 Å². The second kappa shape index (κ2) is 8.15. The first-order valence-electron chi connectivity index (χ1n) is 6.09. The van der Waals surface area contributed by atoms with E-state index in [1.54, 1.807) is 0 Å². The number of amides is 1. The minimum atomic E-state index is -0.660. The monoisotopic (exact) mass is 298 g/mol. The van der Waals surface area contributed by atoms with E-state index in [0.717, 1.165) is 0 Å². The Labute approximate surface area is 121 Å². The summed E-state index contributed by atoms with van der Waals surface area (Å²) < 4.78 is 10.0. The summed E-state index contributed by atoms with van der Waals surface area (Å²) in [6, 6.07) is 4.27. The van der Waals surface area contributed by atoms with Crippen molar-refractivity contribution in [2.24, 2.45) is 5.84 Å². The maximum atomic E-state index is 12.1. The molecule has 9 heteroatoms. The third kappa shape index (κ3) is 4.38. The molecular weight excluding hydrogens is 280 g/mol. The Morgan fingerprint density at radius 1 is 1.48 bits per heavy atom. The quantitative estimate of drug-likeness (QED) is 0.357. The summed E-state index contributed by atoms with van der Waals surface area (Å²) in [5.74, 6) is 4.63. The fraction of sp³-hybridized carbons (Fsp3) is 0.417. The third-order valence-corrected chi connectivity index (χ3v) is 2.79. The zero-order chi connectivity index (χ0) is 15.8. The number of hydrazine groups is 1. The SMILES string of the molecule is COCC(CNC(=O)c1cccc(NN)c1[N+](=O)[O-])OC. The number of hydrogen-bond donors (Lipinski definition) is 3. The van der Waals surface area contributed by atoms with Crippen molar-refractivity contribution in [2.75, 3.05) is 32.8 Å². The van der Waals surface area contributed by atoms with Crippen LogP contribution in [0, 0.1) is 10.1 Å². The number of benzene rings is 1. The molecule has 1 amide bonds. The smallest absolute Gasteiger partial charge is 0.306 e. The van der Waals surface area contributed by atoms with Gasteiger partial charge in [0.1, 0.15) is 11.3 Å². The summed E-state index contributed by atoms with van der Waals surface area (Å²) in [5, 5.41) is 13.7. The van der Waals surface area contributed by atoms with Gasteiger partial charge >= 0.3 is 5.69 Å². The molecule has 0 aliphatic rings. The summed E-state index contributed by atoms with van der Waals surface area (Å²) in [4.78, 5) is 22.5. The highest BCUT2D eigenvalue weighted by Gasteiger charge is 2.24. The molecule has 1 atom stereocenters. The molecule has 0 saturated carbocycles. The predicted molar refractivity (Wildman–Crippen MR) is 75.9 cm³/mol. The Bertz CT molecular complexity index is 508. The molecule has 116 valence electrons. The van der Waals surface area contributed by atoms with Crippen LogP contribution in [0.2, 0.25) is 0 Å². The van der Waals surface area contributed by atoms with Crippen molar-refractivity contribution in [2.45, 2.75) is 6.10 Å². The number of hydrogen-bond acceptors (Lipinski definition) is 7. The van der Waals surface area contributed by atoms with Gasteiger partial charge in [-0.3, -0.25) is 20.8 Å². The highest BCUT2D eigenvalue weighted by atomic mass is 16.6. The number of ether oxygens (including phenoxy) is 2. The molecule has 1 rings (SSSR count). The predicted octanol–water partition coefficient (Wildman–Crippen LogP) is 0.272. The van der Waals surface area contributed by atoms with Crippen molar-refractivity contribution in [3.63, 3.8) is 0 Å². The first-order chi connectivity index (χ1) is 10.0. The number of nitrogens with two attached hydrogens (primary N) is 1. The highest BCUT2D eigenvalue weighted by Crippen LogP contribution is 2.27. The Morgan fingerprint density at radius 3 is 2.71 bits per heavy atom. The Morgan fingerprint density at radius 2 is 2.19 bits per heavy atom. The largest absolute Gasteiger partial charge is 0.382 e. The van der Waals surface area contributed by atoms with Crippen molar-refractivity contribution in [3.8, 4) is 0 Å². The summed E-state index contributed by atoms with van der Waals surface area (Å²) in [6.07, 6.45) is -0.339. The Hall–Kier alpha value is -2.23. The normalized spacial score (nSPS) is 11.8. The zero-order valence-corrected chi connectivity index (χ0v) is 11.8. The van der Waals surface area contributed by atoms with E-state index < -0.39 is 10.8 Å². The first-order valence-corrected chi connectivity index (χ1v) is 6.09. The van der Waals surface area contributed by atoms with Gasteiger partial charge in [-0.1, -0.05) is 6.07 Å². The molecule has 21 heavy (non-hydrogen) atoms. The number of nitrogen functional groups attached to an aromatic ring is 1. The van der Waals surface area contributed by atoms with Gasteiger partial charge in [0.05, 0.1) is 17.6 Å². The second-order valence-corrected chi connectivity index (χ2v) is 4.13. The van der Waals surface area contributed by atoms with Crippen LogP contribution in [0.3, 0.4) is 0 Å². The van der Waals surface area contributed by atoms with Gasteiger partial charge in [-0.25, -0.2) is 0 Å². The van der Waals surface area contributed by atoms with Crippen LogP contribution in [0.4, 0.5) is 11.4 Å². The Balaban J connectivity index is 2.90. The summed E-state index contributed by atoms with van der Waals surface area (Å²) in [7, 11) is 2.99. The topological polar surface area (TPSA) is 129 Å². The first kappa shape index (κ1) is 16.8. The molecule has 9 nitrogen and oxygen atoms in total. The number of methoxy groups -OCH3 is 2. The van der Waals surface area contributed by atoms with Gasteiger partial charge in [0.15, 0.2) is 0 Å². The molecule has 0 radical (unpaired) electrons. The molecule has 1 aromatic rings. The molecule has 0 heterocycles. The third-order valence-electron chi connectivity index (χ3n) is 2.79. The summed E-state index contributed by atoms with van der Waals surface area (Å²) in [6.45, 7) is 0.462. The van der Waals surface area contributed by atoms with Gasteiger partial charge in [-0.05, 0) is 12.1 Å². The molecule has 0 saturated heterocycles. The number of nitrogens with zero attached hydrogens (tertiary/aromatic N) is 1. The lowest BCUT2D eigenvalue weighted by Crippen LogP contribution is -2.35. The van der Waals surface area contributed by atoms with E-state index in [2.05, 4.69) is 10.7 Å². The van der Waals surface area contributed by atoms with Crippen LogP contribution < -0.4 is 16.6 Å². The molecule has 0 spiro atoms.